The first-order valence-electron chi connectivity index (χ1n) is 24.3. The Labute approximate surface area is 447 Å². The fourth-order valence-corrected chi connectivity index (χ4v) is 15.1. The third kappa shape index (κ3) is 6.56. The minimum absolute atomic E-state index is 0.0539. The Bertz CT molecular complexity index is 3620. The first-order valence-corrected chi connectivity index (χ1v) is 30.3. The number of hydrogen-bond acceptors (Lipinski definition) is 11. The molecular formula is C59H42B3N3O3S5. The minimum atomic E-state index is -0.106. The lowest BCUT2D eigenvalue weighted by atomic mass is 9.29. The van der Waals surface area contributed by atoms with Crippen LogP contribution in [0, 0.1) is 0 Å². The molecule has 6 aliphatic heterocycles. The molecule has 0 saturated carbocycles. The van der Waals surface area contributed by atoms with Crippen molar-refractivity contribution in [3.05, 3.63) is 158 Å². The van der Waals surface area contributed by atoms with Gasteiger partial charge in [-0.25, -0.2) is 0 Å². The van der Waals surface area contributed by atoms with Crippen LogP contribution in [0.5, 0.6) is 34.5 Å². The molecule has 0 aliphatic carbocycles. The Balaban J connectivity index is 0.965. The molecule has 6 aliphatic rings. The molecule has 14 heteroatoms. The highest BCUT2D eigenvalue weighted by Gasteiger charge is 2.49. The van der Waals surface area contributed by atoms with Crippen LogP contribution < -0.4 is 77.3 Å². The Morgan fingerprint density at radius 2 is 0.808 bits per heavy atom. The molecule has 350 valence electrons. The number of fused-ring (bicyclic) bond motifs is 12. The second-order valence-electron chi connectivity index (χ2n) is 19.1. The van der Waals surface area contributed by atoms with E-state index in [0.717, 1.165) is 94.4 Å². The summed E-state index contributed by atoms with van der Waals surface area (Å²) in [6, 6.07) is 58.3. The van der Waals surface area contributed by atoms with E-state index in [1.165, 1.54) is 60.3 Å². The van der Waals surface area contributed by atoms with Crippen LogP contribution in [0.1, 0.15) is 0 Å². The van der Waals surface area contributed by atoms with Crippen LogP contribution in [0.3, 0.4) is 0 Å². The second-order valence-corrected chi connectivity index (χ2v) is 23.2. The molecule has 0 spiro atoms. The van der Waals surface area contributed by atoms with Crippen LogP contribution in [-0.2, 0) is 0 Å². The summed E-state index contributed by atoms with van der Waals surface area (Å²) in [4.78, 5) is 3.49. The van der Waals surface area contributed by atoms with Gasteiger partial charge in [-0.05, 0) is 163 Å². The van der Waals surface area contributed by atoms with Crippen molar-refractivity contribution in [2.75, 3.05) is 45.2 Å². The van der Waals surface area contributed by atoms with E-state index in [4.69, 9.17) is 14.2 Å². The van der Waals surface area contributed by atoms with Gasteiger partial charge in [0, 0.05) is 55.8 Å². The van der Waals surface area contributed by atoms with E-state index in [-0.39, 0.29) is 20.1 Å². The Kier molecular flexibility index (Phi) is 10.2. The highest BCUT2D eigenvalue weighted by atomic mass is 32.2. The molecule has 73 heavy (non-hydrogen) atoms. The van der Waals surface area contributed by atoms with Crippen molar-refractivity contribution in [2.24, 2.45) is 0 Å². The van der Waals surface area contributed by atoms with Gasteiger partial charge >= 0.3 is 0 Å². The zero-order valence-electron chi connectivity index (χ0n) is 40.4. The highest BCUT2D eigenvalue weighted by molar-refractivity contribution is 8.01. The molecule has 0 saturated heterocycles. The minimum Gasteiger partial charge on any atom is -0.458 e. The molecule has 1 N–H and O–H groups in total. The van der Waals surface area contributed by atoms with Gasteiger partial charge in [0.1, 0.15) is 34.5 Å². The molecule has 0 radical (unpaired) electrons. The summed E-state index contributed by atoms with van der Waals surface area (Å²) in [7, 11) is 0. The highest BCUT2D eigenvalue weighted by Crippen LogP contribution is 2.47. The lowest BCUT2D eigenvalue weighted by Crippen LogP contribution is -2.65. The summed E-state index contributed by atoms with van der Waals surface area (Å²) in [5.74, 6) is 5.27. The largest absolute Gasteiger partial charge is 0.458 e. The molecule has 0 bridgehead atoms. The van der Waals surface area contributed by atoms with Crippen molar-refractivity contribution in [1.82, 2.24) is 0 Å². The zero-order chi connectivity index (χ0) is 48.8. The van der Waals surface area contributed by atoms with Gasteiger partial charge in [0.25, 0.3) is 20.1 Å². The fourth-order valence-electron chi connectivity index (χ4n) is 12.3. The Hall–Kier alpha value is -6.28. The van der Waals surface area contributed by atoms with Crippen LogP contribution in [0.15, 0.2) is 172 Å². The summed E-state index contributed by atoms with van der Waals surface area (Å²) in [5.41, 5.74) is 22.4. The van der Waals surface area contributed by atoms with Gasteiger partial charge in [0.05, 0.1) is 17.1 Å². The van der Waals surface area contributed by atoms with Crippen LogP contribution in [0.4, 0.5) is 34.1 Å². The van der Waals surface area contributed by atoms with Crippen LogP contribution in [-0.4, -0.2) is 51.4 Å². The summed E-state index contributed by atoms with van der Waals surface area (Å²) in [5, 5.41) is 3.99. The Morgan fingerprint density at radius 3 is 1.36 bits per heavy atom. The predicted octanol–water partition coefficient (Wildman–Crippen LogP) is 10.6. The van der Waals surface area contributed by atoms with E-state index < -0.39 is 0 Å². The molecule has 0 atom stereocenters. The lowest BCUT2D eigenvalue weighted by Gasteiger charge is -2.44. The van der Waals surface area contributed by atoms with Gasteiger partial charge in [0.15, 0.2) is 0 Å². The van der Waals surface area contributed by atoms with E-state index in [2.05, 4.69) is 203 Å². The Morgan fingerprint density at radius 1 is 0.342 bits per heavy atom. The van der Waals surface area contributed by atoms with Gasteiger partial charge in [-0.15, -0.1) is 35.3 Å². The van der Waals surface area contributed by atoms with Crippen molar-refractivity contribution in [3.63, 3.8) is 0 Å². The molecule has 6 nitrogen and oxygen atoms in total. The number of anilines is 6. The third-order valence-corrected chi connectivity index (χ3v) is 19.1. The van der Waals surface area contributed by atoms with Crippen molar-refractivity contribution in [2.45, 2.75) is 14.7 Å². The molecule has 9 aromatic carbocycles. The smallest absolute Gasteiger partial charge is 0.260 e. The number of thioether (sulfide) groups is 3. The van der Waals surface area contributed by atoms with E-state index in [9.17, 15) is 0 Å². The summed E-state index contributed by atoms with van der Waals surface area (Å²) in [6.45, 7) is -0.251. The van der Waals surface area contributed by atoms with E-state index in [0.29, 0.717) is 0 Å². The van der Waals surface area contributed by atoms with Crippen LogP contribution in [0.2, 0.25) is 0 Å². The molecule has 9 aromatic rings. The summed E-state index contributed by atoms with van der Waals surface area (Å²) >= 11 is 8.77. The summed E-state index contributed by atoms with van der Waals surface area (Å²) < 4.78 is 26.0. The molecule has 15 rings (SSSR count). The first-order chi connectivity index (χ1) is 35.9. The SMILES string of the molecule is CSc1cc2c3c(c1)Oc1cc(-c4ccccc4)ccc1B3c1cc3c(cc1N2)N(SC)c1cc(SC)cc2c1B3c1cc3c(cc1N2SC)Oc1cc(SC)cc2c1B3c1ccc(-c3ccccc3)cc1O2. The summed E-state index contributed by atoms with van der Waals surface area (Å²) in [6.07, 6.45) is 10.8. The van der Waals surface area contributed by atoms with E-state index in [1.807, 2.05) is 0 Å². The molecule has 0 fully saturated rings. The van der Waals surface area contributed by atoms with Gasteiger partial charge < -0.3 is 19.5 Å². The first kappa shape index (κ1) is 44.2. The molecular weight excluding hydrogens is 991 g/mol. The number of nitrogens with zero attached hydrogens (tertiary/aromatic N) is 2. The third-order valence-electron chi connectivity index (χ3n) is 15.5. The fraction of sp³-hybridized carbons (Fsp3) is 0.0847. The van der Waals surface area contributed by atoms with Crippen molar-refractivity contribution in [1.29, 1.82) is 0 Å². The van der Waals surface area contributed by atoms with E-state index >= 15 is 0 Å². The molecule has 0 amide bonds. The lowest BCUT2D eigenvalue weighted by molar-refractivity contribution is 0.462. The number of benzene rings is 9. The van der Waals surface area contributed by atoms with Crippen molar-refractivity contribution in [3.8, 4) is 56.8 Å². The normalized spacial score (nSPS) is 14.1. The van der Waals surface area contributed by atoms with Gasteiger partial charge in [-0.2, -0.15) is 0 Å². The number of ether oxygens (including phenoxy) is 3. The number of nitrogens with one attached hydrogen (secondary N) is 1. The molecule has 6 heterocycles. The maximum atomic E-state index is 7.15. The number of hydrogen-bond donors (Lipinski definition) is 1. The van der Waals surface area contributed by atoms with Crippen LogP contribution >= 0.6 is 59.2 Å². The zero-order valence-corrected chi connectivity index (χ0v) is 44.5. The maximum Gasteiger partial charge on any atom is 0.260 e. The molecule has 0 unspecified atom stereocenters. The van der Waals surface area contributed by atoms with Gasteiger partial charge in [-0.1, -0.05) is 97.1 Å². The number of rotatable bonds is 7. The second kappa shape index (κ2) is 16.9. The van der Waals surface area contributed by atoms with E-state index in [1.54, 1.807) is 59.2 Å². The standard InChI is InChI=1S/C59H42B3N3O3S5/c1-69-36-22-46-57-54(25-36)66-51-20-34(32-12-8-6-9-13-32)16-18-39(51)60(57)41-28-42-47(30-45(41)63-46)64(72-4)49-23-37(70-2)24-50-58(49)62(42)43-29-44-53(31-48(43)65(50)73-5)68-56-27-38(71-3)26-55-59(56)61(44)40-19-17-35(21-52(40)67-55)33-14-10-7-11-15-33/h6-31,63H,1-5H3. The van der Waals surface area contributed by atoms with Crippen molar-refractivity contribution >= 4 is 163 Å². The van der Waals surface area contributed by atoms with Gasteiger partial charge in [0.2, 0.25) is 0 Å². The topological polar surface area (TPSA) is 46.2 Å². The molecule has 0 aromatic heterocycles. The quantitative estimate of drug-likeness (QED) is 0.0944. The monoisotopic (exact) mass is 1030 g/mol. The van der Waals surface area contributed by atoms with Crippen LogP contribution in [0.25, 0.3) is 22.3 Å². The average Bonchev–Trinajstić information content (AvgIpc) is 3.45. The average molecular weight is 1030 g/mol. The maximum absolute atomic E-state index is 7.15. The van der Waals surface area contributed by atoms with Crippen molar-refractivity contribution < 1.29 is 14.2 Å². The predicted molar refractivity (Wildman–Crippen MR) is 320 cm³/mol. The van der Waals surface area contributed by atoms with Gasteiger partial charge in [-0.3, -0.25) is 8.61 Å².